The van der Waals surface area contributed by atoms with E-state index in [9.17, 15) is 13.6 Å². The maximum atomic E-state index is 13.7. The van der Waals surface area contributed by atoms with E-state index in [0.717, 1.165) is 0 Å². The van der Waals surface area contributed by atoms with Crippen molar-refractivity contribution in [1.82, 2.24) is 0 Å². The van der Waals surface area contributed by atoms with Crippen LogP contribution in [0, 0.1) is 11.6 Å². The van der Waals surface area contributed by atoms with Crippen LogP contribution in [0.3, 0.4) is 0 Å². The Kier molecular flexibility index (Phi) is 5.66. The minimum absolute atomic E-state index is 0.0906. The van der Waals surface area contributed by atoms with E-state index in [-0.39, 0.29) is 23.7 Å². The van der Waals surface area contributed by atoms with Gasteiger partial charge in [-0.2, -0.15) is 0 Å². The number of ether oxygens (including phenoxy) is 2. The summed E-state index contributed by atoms with van der Waals surface area (Å²) in [6.45, 7) is 0.148. The number of anilines is 1. The number of halogens is 2. The number of carbonyl (C=O) groups excluding carboxylic acids is 1. The van der Waals surface area contributed by atoms with Crippen LogP contribution in [0.2, 0.25) is 0 Å². The fraction of sp³-hybridized carbons (Fsp3) is 0.0952. The van der Waals surface area contributed by atoms with Crippen LogP contribution < -0.4 is 14.8 Å². The Morgan fingerprint density at radius 1 is 0.963 bits per heavy atom. The summed E-state index contributed by atoms with van der Waals surface area (Å²) in [5.41, 5.74) is 1.04. The number of rotatable bonds is 6. The largest absolute Gasteiger partial charge is 0.493 e. The molecule has 3 aromatic carbocycles. The van der Waals surface area contributed by atoms with Crippen molar-refractivity contribution >= 4 is 11.6 Å². The van der Waals surface area contributed by atoms with Gasteiger partial charge in [0.25, 0.3) is 5.91 Å². The molecule has 0 heterocycles. The molecule has 0 radical (unpaired) electrons. The number of para-hydroxylation sites is 1. The third kappa shape index (κ3) is 4.61. The molecular formula is C21H17F2NO3. The van der Waals surface area contributed by atoms with Gasteiger partial charge in [0.05, 0.1) is 12.8 Å². The highest BCUT2D eigenvalue weighted by Crippen LogP contribution is 2.29. The molecule has 138 valence electrons. The van der Waals surface area contributed by atoms with Gasteiger partial charge in [-0.05, 0) is 48.0 Å². The number of hydrogen-bond donors (Lipinski definition) is 1. The molecule has 0 atom stereocenters. The maximum absolute atomic E-state index is 13.7. The molecule has 0 aliphatic carbocycles. The normalized spacial score (nSPS) is 10.3. The van der Waals surface area contributed by atoms with Crippen LogP contribution in [0.1, 0.15) is 15.9 Å². The molecule has 3 rings (SSSR count). The zero-order valence-corrected chi connectivity index (χ0v) is 14.5. The predicted octanol–water partition coefficient (Wildman–Crippen LogP) is 4.80. The van der Waals surface area contributed by atoms with Crippen LogP contribution in [0.4, 0.5) is 14.5 Å². The molecule has 1 amide bonds. The molecule has 0 saturated heterocycles. The second-order valence-electron chi connectivity index (χ2n) is 5.72. The maximum Gasteiger partial charge on any atom is 0.255 e. The van der Waals surface area contributed by atoms with Gasteiger partial charge in [-0.1, -0.05) is 24.3 Å². The zero-order chi connectivity index (χ0) is 19.2. The third-order valence-electron chi connectivity index (χ3n) is 3.83. The van der Waals surface area contributed by atoms with Gasteiger partial charge in [0.2, 0.25) is 0 Å². The highest BCUT2D eigenvalue weighted by molar-refractivity contribution is 6.04. The van der Waals surface area contributed by atoms with Crippen molar-refractivity contribution in [2.75, 3.05) is 12.4 Å². The van der Waals surface area contributed by atoms with E-state index in [1.165, 1.54) is 37.4 Å². The lowest BCUT2D eigenvalue weighted by Gasteiger charge is -2.13. The summed E-state index contributed by atoms with van der Waals surface area (Å²) in [6.07, 6.45) is 0. The summed E-state index contributed by atoms with van der Waals surface area (Å²) in [5, 5.41) is 2.51. The first-order chi connectivity index (χ1) is 13.1. The topological polar surface area (TPSA) is 47.6 Å². The van der Waals surface area contributed by atoms with E-state index < -0.39 is 11.7 Å². The van der Waals surface area contributed by atoms with Gasteiger partial charge in [-0.15, -0.1) is 0 Å². The summed E-state index contributed by atoms with van der Waals surface area (Å²) in [4.78, 5) is 12.3. The Balaban J connectivity index is 1.73. The average Bonchev–Trinajstić information content (AvgIpc) is 2.68. The van der Waals surface area contributed by atoms with E-state index >= 15 is 0 Å². The van der Waals surface area contributed by atoms with Gasteiger partial charge in [0, 0.05) is 5.56 Å². The number of benzene rings is 3. The molecule has 0 spiro atoms. The van der Waals surface area contributed by atoms with E-state index in [2.05, 4.69) is 5.32 Å². The smallest absolute Gasteiger partial charge is 0.255 e. The monoisotopic (exact) mass is 369 g/mol. The van der Waals surface area contributed by atoms with E-state index in [0.29, 0.717) is 17.1 Å². The minimum Gasteiger partial charge on any atom is -0.493 e. The molecule has 0 aromatic heterocycles. The molecule has 4 nitrogen and oxygen atoms in total. The molecule has 0 saturated carbocycles. The van der Waals surface area contributed by atoms with Gasteiger partial charge in [0.1, 0.15) is 18.2 Å². The Hall–Kier alpha value is -3.41. The SMILES string of the molecule is COc1cc(C(=O)Nc2ccccc2F)ccc1OCc1cccc(F)c1. The summed E-state index contributed by atoms with van der Waals surface area (Å²) < 4.78 is 37.8. The highest BCUT2D eigenvalue weighted by Gasteiger charge is 2.13. The highest BCUT2D eigenvalue weighted by atomic mass is 19.1. The quantitative estimate of drug-likeness (QED) is 0.679. The zero-order valence-electron chi connectivity index (χ0n) is 14.5. The van der Waals surface area contributed by atoms with Crippen LogP contribution >= 0.6 is 0 Å². The summed E-state index contributed by atoms with van der Waals surface area (Å²) in [5.74, 6) is -0.594. The van der Waals surface area contributed by atoms with Crippen molar-refractivity contribution in [3.05, 3.63) is 89.5 Å². The molecular weight excluding hydrogens is 352 g/mol. The van der Waals surface area contributed by atoms with Gasteiger partial charge < -0.3 is 14.8 Å². The molecule has 0 aliphatic heterocycles. The van der Waals surface area contributed by atoms with Crippen LogP contribution in [0.5, 0.6) is 11.5 Å². The number of nitrogens with one attached hydrogen (secondary N) is 1. The summed E-state index contributed by atoms with van der Waals surface area (Å²) in [6, 6.07) is 16.6. The Labute approximate surface area is 155 Å². The van der Waals surface area contributed by atoms with Gasteiger partial charge in [-0.3, -0.25) is 4.79 Å². The molecule has 0 unspecified atom stereocenters. The van der Waals surface area contributed by atoms with Crippen LogP contribution in [0.15, 0.2) is 66.7 Å². The molecule has 0 fully saturated rings. The molecule has 27 heavy (non-hydrogen) atoms. The predicted molar refractivity (Wildman–Crippen MR) is 98.1 cm³/mol. The minimum atomic E-state index is -0.520. The van der Waals surface area contributed by atoms with Crippen LogP contribution in [-0.2, 0) is 6.61 Å². The van der Waals surface area contributed by atoms with Crippen molar-refractivity contribution < 1.29 is 23.0 Å². The Morgan fingerprint density at radius 2 is 1.78 bits per heavy atom. The number of methoxy groups -OCH3 is 1. The van der Waals surface area contributed by atoms with Gasteiger partial charge in [0.15, 0.2) is 11.5 Å². The molecule has 6 heteroatoms. The van der Waals surface area contributed by atoms with E-state index in [1.54, 1.807) is 36.4 Å². The first-order valence-corrected chi connectivity index (χ1v) is 8.18. The first kappa shape index (κ1) is 18.4. The Bertz CT molecular complexity index is 960. The van der Waals surface area contributed by atoms with Crippen molar-refractivity contribution in [3.8, 4) is 11.5 Å². The molecule has 0 bridgehead atoms. The van der Waals surface area contributed by atoms with Gasteiger partial charge >= 0.3 is 0 Å². The van der Waals surface area contributed by atoms with Crippen molar-refractivity contribution in [2.24, 2.45) is 0 Å². The van der Waals surface area contributed by atoms with Crippen molar-refractivity contribution in [1.29, 1.82) is 0 Å². The van der Waals surface area contributed by atoms with Crippen molar-refractivity contribution in [3.63, 3.8) is 0 Å². The lowest BCUT2D eigenvalue weighted by atomic mass is 10.1. The van der Waals surface area contributed by atoms with Crippen LogP contribution in [-0.4, -0.2) is 13.0 Å². The fourth-order valence-electron chi connectivity index (χ4n) is 2.47. The molecule has 1 N–H and O–H groups in total. The van der Waals surface area contributed by atoms with Crippen LogP contribution in [0.25, 0.3) is 0 Å². The van der Waals surface area contributed by atoms with Gasteiger partial charge in [-0.25, -0.2) is 8.78 Å². The van der Waals surface area contributed by atoms with Crippen molar-refractivity contribution in [2.45, 2.75) is 6.61 Å². The standard InChI is InChI=1S/C21H17F2NO3/c1-26-20-12-15(21(25)24-18-8-3-2-7-17(18)23)9-10-19(20)27-13-14-5-4-6-16(22)11-14/h2-12H,13H2,1H3,(H,24,25). The summed E-state index contributed by atoms with van der Waals surface area (Å²) in [7, 11) is 1.45. The lowest BCUT2D eigenvalue weighted by Crippen LogP contribution is -2.13. The first-order valence-electron chi connectivity index (χ1n) is 8.18. The summed E-state index contributed by atoms with van der Waals surface area (Å²) >= 11 is 0. The fourth-order valence-corrected chi connectivity index (χ4v) is 2.47. The second kappa shape index (κ2) is 8.31. The average molecular weight is 369 g/mol. The third-order valence-corrected chi connectivity index (χ3v) is 3.83. The van der Waals surface area contributed by atoms with E-state index in [4.69, 9.17) is 9.47 Å². The molecule has 3 aromatic rings. The molecule has 0 aliphatic rings. The number of amides is 1. The van der Waals surface area contributed by atoms with E-state index in [1.807, 2.05) is 0 Å². The number of carbonyl (C=O) groups is 1. The second-order valence-corrected chi connectivity index (χ2v) is 5.72. The lowest BCUT2D eigenvalue weighted by molar-refractivity contribution is 0.102. The Morgan fingerprint density at radius 3 is 2.52 bits per heavy atom. The number of hydrogen-bond acceptors (Lipinski definition) is 3.